The number of hydrogen-bond donors (Lipinski definition) is 2. The largest absolute Gasteiger partial charge is 0.497 e. The predicted molar refractivity (Wildman–Crippen MR) is 114 cm³/mol. The average molecular weight is 375 g/mol. The molecule has 0 atom stereocenters. The zero-order valence-corrected chi connectivity index (χ0v) is 16.6. The van der Waals surface area contributed by atoms with E-state index in [2.05, 4.69) is 60.7 Å². The summed E-state index contributed by atoms with van der Waals surface area (Å²) < 4.78 is 5.15. The number of aromatic nitrogens is 1. The molecular formula is C23H25N3O2. The Bertz CT molecular complexity index is 943. The highest BCUT2D eigenvalue weighted by Crippen LogP contribution is 2.25. The first-order chi connectivity index (χ1) is 13.3. The molecule has 1 heterocycles. The van der Waals surface area contributed by atoms with Gasteiger partial charge in [0.05, 0.1) is 19.0 Å². The molecule has 1 aromatic heterocycles. The summed E-state index contributed by atoms with van der Waals surface area (Å²) in [7, 11) is 1.57. The maximum atomic E-state index is 12.3. The Labute approximate surface area is 165 Å². The highest BCUT2D eigenvalue weighted by Gasteiger charge is 2.13. The lowest BCUT2D eigenvalue weighted by atomic mass is 9.87. The molecule has 0 unspecified atom stereocenters. The maximum absolute atomic E-state index is 12.3. The summed E-state index contributed by atoms with van der Waals surface area (Å²) in [5, 5.41) is 6.11. The van der Waals surface area contributed by atoms with Crippen LogP contribution in [-0.4, -0.2) is 18.0 Å². The van der Waals surface area contributed by atoms with Gasteiger partial charge in [-0.05, 0) is 53.4 Å². The lowest BCUT2D eigenvalue weighted by molar-refractivity contribution is 0.102. The van der Waals surface area contributed by atoms with Crippen molar-refractivity contribution in [2.75, 3.05) is 17.7 Å². The van der Waals surface area contributed by atoms with E-state index < -0.39 is 0 Å². The Morgan fingerprint density at radius 1 is 0.964 bits per heavy atom. The molecule has 0 radical (unpaired) electrons. The molecule has 2 N–H and O–H groups in total. The number of nitrogens with one attached hydrogen (secondary N) is 2. The second-order valence-electron chi connectivity index (χ2n) is 7.57. The minimum atomic E-state index is -0.232. The molecule has 0 spiro atoms. The number of benzene rings is 2. The summed E-state index contributed by atoms with van der Waals surface area (Å²) in [6.07, 6.45) is 1.69. The number of methoxy groups -OCH3 is 1. The lowest BCUT2D eigenvalue weighted by Crippen LogP contribution is -2.13. The molecule has 5 nitrogen and oxygen atoms in total. The fraction of sp³-hybridized carbons (Fsp3) is 0.217. The molecular weight excluding hydrogens is 350 g/mol. The first-order valence-corrected chi connectivity index (χ1v) is 9.14. The third-order valence-electron chi connectivity index (χ3n) is 4.38. The summed E-state index contributed by atoms with van der Waals surface area (Å²) in [4.78, 5) is 16.7. The Morgan fingerprint density at radius 2 is 1.68 bits per heavy atom. The van der Waals surface area contributed by atoms with Crippen molar-refractivity contribution in [2.24, 2.45) is 0 Å². The van der Waals surface area contributed by atoms with Crippen LogP contribution in [0.5, 0.6) is 5.75 Å². The number of rotatable bonds is 5. The normalized spacial score (nSPS) is 11.0. The lowest BCUT2D eigenvalue weighted by Gasteiger charge is -2.19. The minimum Gasteiger partial charge on any atom is -0.497 e. The van der Waals surface area contributed by atoms with Crippen LogP contribution >= 0.6 is 0 Å². The highest BCUT2D eigenvalue weighted by molar-refractivity contribution is 6.04. The van der Waals surface area contributed by atoms with Gasteiger partial charge in [-0.15, -0.1) is 0 Å². The smallest absolute Gasteiger partial charge is 0.256 e. The Kier molecular flexibility index (Phi) is 5.64. The topological polar surface area (TPSA) is 63.2 Å². The van der Waals surface area contributed by atoms with Crippen LogP contribution in [0.4, 0.5) is 17.2 Å². The molecule has 0 aliphatic carbocycles. The van der Waals surface area contributed by atoms with Crippen molar-refractivity contribution in [3.05, 3.63) is 78.0 Å². The molecule has 0 saturated heterocycles. The van der Waals surface area contributed by atoms with Crippen LogP contribution in [0.2, 0.25) is 0 Å². The minimum absolute atomic E-state index is 0.128. The van der Waals surface area contributed by atoms with Gasteiger partial charge < -0.3 is 15.4 Å². The van der Waals surface area contributed by atoms with Crippen LogP contribution in [0.15, 0.2) is 66.9 Å². The summed E-state index contributed by atoms with van der Waals surface area (Å²) in [6.45, 7) is 6.58. The van der Waals surface area contributed by atoms with Crippen LogP contribution in [0, 0.1) is 0 Å². The van der Waals surface area contributed by atoms with Gasteiger partial charge in [0, 0.05) is 11.3 Å². The summed E-state index contributed by atoms with van der Waals surface area (Å²) in [5.41, 5.74) is 3.77. The van der Waals surface area contributed by atoms with Crippen LogP contribution in [0.1, 0.15) is 36.7 Å². The standard InChI is InChI=1S/C23H25N3O2/c1-23(2,3)17-8-10-18(11-9-17)25-19-12-13-21(24-15-19)26-22(27)16-6-5-7-20(14-16)28-4/h5-15,25H,1-4H3,(H,24,26,27). The van der Waals surface area contributed by atoms with E-state index in [1.165, 1.54) is 5.56 Å². The third kappa shape index (κ3) is 4.88. The van der Waals surface area contributed by atoms with Gasteiger partial charge in [-0.25, -0.2) is 4.98 Å². The molecule has 0 saturated carbocycles. The van der Waals surface area contributed by atoms with Crippen LogP contribution in [0.3, 0.4) is 0 Å². The van der Waals surface area contributed by atoms with E-state index >= 15 is 0 Å². The van der Waals surface area contributed by atoms with Crippen molar-refractivity contribution >= 4 is 23.1 Å². The summed E-state index contributed by atoms with van der Waals surface area (Å²) >= 11 is 0. The van der Waals surface area contributed by atoms with Gasteiger partial charge in [0.2, 0.25) is 0 Å². The van der Waals surface area contributed by atoms with E-state index in [1.807, 2.05) is 6.07 Å². The molecule has 3 aromatic rings. The average Bonchev–Trinajstić information content (AvgIpc) is 2.69. The molecule has 1 amide bonds. The second kappa shape index (κ2) is 8.13. The molecule has 28 heavy (non-hydrogen) atoms. The van der Waals surface area contributed by atoms with Gasteiger partial charge in [0.15, 0.2) is 0 Å². The fourth-order valence-corrected chi connectivity index (χ4v) is 2.71. The molecule has 144 valence electrons. The van der Waals surface area contributed by atoms with Gasteiger partial charge in [-0.1, -0.05) is 39.0 Å². The van der Waals surface area contributed by atoms with Crippen LogP contribution < -0.4 is 15.4 Å². The van der Waals surface area contributed by atoms with E-state index in [9.17, 15) is 4.79 Å². The van der Waals surface area contributed by atoms with E-state index in [1.54, 1.807) is 43.6 Å². The molecule has 0 fully saturated rings. The van der Waals surface area contributed by atoms with Gasteiger partial charge in [0.1, 0.15) is 11.6 Å². The quantitative estimate of drug-likeness (QED) is 0.628. The van der Waals surface area contributed by atoms with E-state index in [4.69, 9.17) is 4.74 Å². The monoisotopic (exact) mass is 375 g/mol. The summed E-state index contributed by atoms with van der Waals surface area (Å²) in [6, 6.07) is 19.0. The number of nitrogens with zero attached hydrogens (tertiary/aromatic N) is 1. The number of hydrogen-bond acceptors (Lipinski definition) is 4. The van der Waals surface area contributed by atoms with Crippen LogP contribution in [0.25, 0.3) is 0 Å². The Balaban J connectivity index is 1.64. The number of carbonyl (C=O) groups excluding carboxylic acids is 1. The maximum Gasteiger partial charge on any atom is 0.256 e. The zero-order chi connectivity index (χ0) is 20.1. The Morgan fingerprint density at radius 3 is 2.29 bits per heavy atom. The van der Waals surface area contributed by atoms with Crippen molar-refractivity contribution in [1.82, 2.24) is 4.98 Å². The third-order valence-corrected chi connectivity index (χ3v) is 4.38. The Hall–Kier alpha value is -3.34. The molecule has 0 aliphatic heterocycles. The number of ether oxygens (including phenoxy) is 1. The SMILES string of the molecule is COc1cccc(C(=O)Nc2ccc(Nc3ccc(C(C)(C)C)cc3)cn2)c1. The first-order valence-electron chi connectivity index (χ1n) is 9.14. The van der Waals surface area contributed by atoms with E-state index in [0.717, 1.165) is 11.4 Å². The van der Waals surface area contributed by atoms with Crippen molar-refractivity contribution < 1.29 is 9.53 Å². The highest BCUT2D eigenvalue weighted by atomic mass is 16.5. The number of anilines is 3. The number of pyridine rings is 1. The van der Waals surface area contributed by atoms with Gasteiger partial charge in [0.25, 0.3) is 5.91 Å². The molecule has 3 rings (SSSR count). The second-order valence-corrected chi connectivity index (χ2v) is 7.57. The molecule has 5 heteroatoms. The first kappa shape index (κ1) is 19.4. The van der Waals surface area contributed by atoms with Crippen molar-refractivity contribution in [1.29, 1.82) is 0 Å². The van der Waals surface area contributed by atoms with Crippen molar-refractivity contribution in [2.45, 2.75) is 26.2 Å². The van der Waals surface area contributed by atoms with Gasteiger partial charge in [-0.2, -0.15) is 0 Å². The van der Waals surface area contributed by atoms with Gasteiger partial charge >= 0.3 is 0 Å². The van der Waals surface area contributed by atoms with Crippen molar-refractivity contribution in [3.8, 4) is 5.75 Å². The molecule has 2 aromatic carbocycles. The van der Waals surface area contributed by atoms with Crippen molar-refractivity contribution in [3.63, 3.8) is 0 Å². The molecule has 0 bridgehead atoms. The van der Waals surface area contributed by atoms with E-state index in [-0.39, 0.29) is 11.3 Å². The van der Waals surface area contributed by atoms with E-state index in [0.29, 0.717) is 17.1 Å². The number of amides is 1. The van der Waals surface area contributed by atoms with Crippen LogP contribution in [-0.2, 0) is 5.41 Å². The van der Waals surface area contributed by atoms with Gasteiger partial charge in [-0.3, -0.25) is 4.79 Å². The predicted octanol–water partition coefficient (Wildman–Crippen LogP) is 5.38. The fourth-order valence-electron chi connectivity index (χ4n) is 2.71. The zero-order valence-electron chi connectivity index (χ0n) is 16.6. The molecule has 0 aliphatic rings. The number of carbonyl (C=O) groups is 1. The summed E-state index contributed by atoms with van der Waals surface area (Å²) in [5.74, 6) is 0.893.